The number of aryl methyl sites for hydroxylation is 1. The first-order valence-electron chi connectivity index (χ1n) is 9.27. The molecule has 0 atom stereocenters. The van der Waals surface area contributed by atoms with E-state index in [1.807, 2.05) is 84.3 Å². The van der Waals surface area contributed by atoms with Crippen LogP contribution in [0.3, 0.4) is 0 Å². The number of carbonyl (C=O) groups excluding carboxylic acids is 1. The van der Waals surface area contributed by atoms with Gasteiger partial charge in [0.1, 0.15) is 24.7 Å². The number of halogens is 1. The molecule has 0 aliphatic carbocycles. The van der Waals surface area contributed by atoms with Crippen molar-refractivity contribution in [3.63, 3.8) is 0 Å². The smallest absolute Gasteiger partial charge is 0.244 e. The van der Waals surface area contributed by atoms with E-state index < -0.39 is 0 Å². The minimum Gasteiger partial charge on any atom is -0.486 e. The number of rotatable bonds is 6. The summed E-state index contributed by atoms with van der Waals surface area (Å²) in [5.41, 5.74) is 3.67. The van der Waals surface area contributed by atoms with E-state index in [1.54, 1.807) is 0 Å². The Morgan fingerprint density at radius 3 is 2.52 bits per heavy atom. The third-order valence-electron chi connectivity index (χ3n) is 4.55. The van der Waals surface area contributed by atoms with Crippen molar-refractivity contribution in [3.05, 3.63) is 88.7 Å². The number of benzene rings is 3. The van der Waals surface area contributed by atoms with Gasteiger partial charge in [-0.05, 0) is 55.5 Å². The molecular formula is C23H20BrN3O2. The summed E-state index contributed by atoms with van der Waals surface area (Å²) in [5, 5.41) is 2.93. The molecule has 0 fully saturated rings. The van der Waals surface area contributed by atoms with Crippen LogP contribution in [0.4, 0.5) is 5.69 Å². The highest BCUT2D eigenvalue weighted by atomic mass is 79.9. The number of aromatic nitrogens is 2. The number of nitrogens with zero attached hydrogens (tertiary/aromatic N) is 2. The van der Waals surface area contributed by atoms with Gasteiger partial charge in [-0.15, -0.1) is 0 Å². The van der Waals surface area contributed by atoms with Gasteiger partial charge in [0.2, 0.25) is 5.91 Å². The maximum absolute atomic E-state index is 12.7. The number of para-hydroxylation sites is 2. The summed E-state index contributed by atoms with van der Waals surface area (Å²) in [5.74, 6) is 1.36. The highest BCUT2D eigenvalue weighted by Crippen LogP contribution is 2.20. The lowest BCUT2D eigenvalue weighted by Gasteiger charge is -2.11. The van der Waals surface area contributed by atoms with E-state index in [2.05, 4.69) is 26.2 Å². The number of imidazole rings is 1. The lowest BCUT2D eigenvalue weighted by atomic mass is 10.2. The molecule has 1 N–H and O–H groups in total. The molecule has 0 spiro atoms. The molecule has 1 amide bonds. The van der Waals surface area contributed by atoms with Gasteiger partial charge in [-0.1, -0.05) is 45.8 Å². The minimum absolute atomic E-state index is 0.118. The highest BCUT2D eigenvalue weighted by Gasteiger charge is 2.14. The van der Waals surface area contributed by atoms with Gasteiger partial charge in [-0.3, -0.25) is 4.79 Å². The van der Waals surface area contributed by atoms with Gasteiger partial charge in [-0.25, -0.2) is 4.98 Å². The Morgan fingerprint density at radius 1 is 1.03 bits per heavy atom. The summed E-state index contributed by atoms with van der Waals surface area (Å²) >= 11 is 3.40. The topological polar surface area (TPSA) is 56.2 Å². The molecule has 0 aliphatic heterocycles. The fourth-order valence-electron chi connectivity index (χ4n) is 3.07. The van der Waals surface area contributed by atoms with E-state index in [0.29, 0.717) is 5.82 Å². The summed E-state index contributed by atoms with van der Waals surface area (Å²) in [7, 11) is 0. The first kappa shape index (κ1) is 19.2. The van der Waals surface area contributed by atoms with E-state index in [-0.39, 0.29) is 19.1 Å². The molecule has 4 rings (SSSR count). The Hall–Kier alpha value is -3.12. The number of hydrogen-bond donors (Lipinski definition) is 1. The van der Waals surface area contributed by atoms with Crippen LogP contribution in [0.25, 0.3) is 11.0 Å². The summed E-state index contributed by atoms with van der Waals surface area (Å²) < 4.78 is 8.78. The minimum atomic E-state index is -0.118. The van der Waals surface area contributed by atoms with Crippen molar-refractivity contribution in [2.24, 2.45) is 0 Å². The molecule has 0 saturated carbocycles. The quantitative estimate of drug-likeness (QED) is 0.432. The van der Waals surface area contributed by atoms with Gasteiger partial charge >= 0.3 is 0 Å². The van der Waals surface area contributed by atoms with E-state index in [1.165, 1.54) is 5.56 Å². The van der Waals surface area contributed by atoms with E-state index in [0.717, 1.165) is 26.9 Å². The molecule has 146 valence electrons. The maximum Gasteiger partial charge on any atom is 0.244 e. The summed E-state index contributed by atoms with van der Waals surface area (Å²) in [6, 6.07) is 23.2. The first-order chi connectivity index (χ1) is 14.1. The van der Waals surface area contributed by atoms with Gasteiger partial charge in [-0.2, -0.15) is 0 Å². The van der Waals surface area contributed by atoms with E-state index >= 15 is 0 Å². The van der Waals surface area contributed by atoms with Crippen LogP contribution in [-0.2, 0) is 17.9 Å². The number of hydrogen-bond acceptors (Lipinski definition) is 3. The van der Waals surface area contributed by atoms with E-state index in [9.17, 15) is 4.79 Å². The second-order valence-corrected chi connectivity index (χ2v) is 7.68. The van der Waals surface area contributed by atoms with Crippen LogP contribution < -0.4 is 10.1 Å². The number of ether oxygens (including phenoxy) is 1. The van der Waals surface area contributed by atoms with Gasteiger partial charge in [0.15, 0.2) is 0 Å². The molecule has 5 nitrogen and oxygen atoms in total. The molecular weight excluding hydrogens is 430 g/mol. The van der Waals surface area contributed by atoms with Gasteiger partial charge < -0.3 is 14.6 Å². The fraction of sp³-hybridized carbons (Fsp3) is 0.130. The van der Waals surface area contributed by atoms with Crippen molar-refractivity contribution in [2.75, 3.05) is 5.32 Å². The molecule has 0 saturated heterocycles. The normalized spacial score (nSPS) is 10.8. The predicted octanol–water partition coefficient (Wildman–Crippen LogP) is 5.32. The Morgan fingerprint density at radius 2 is 1.76 bits per heavy atom. The molecule has 0 aliphatic rings. The largest absolute Gasteiger partial charge is 0.486 e. The standard InChI is InChI=1S/C23H20BrN3O2/c1-16-6-12-19(13-7-16)29-15-22-26-20-4-2-3-5-21(20)27(22)14-23(28)25-18-10-8-17(24)9-11-18/h2-13H,14-15H2,1H3,(H,25,28). The number of anilines is 1. The summed E-state index contributed by atoms with van der Waals surface area (Å²) in [6.07, 6.45) is 0. The van der Waals surface area contributed by atoms with Crippen LogP contribution in [0.2, 0.25) is 0 Å². The third kappa shape index (κ3) is 4.66. The molecule has 1 aromatic heterocycles. The highest BCUT2D eigenvalue weighted by molar-refractivity contribution is 9.10. The Labute approximate surface area is 177 Å². The number of amides is 1. The zero-order chi connectivity index (χ0) is 20.2. The van der Waals surface area contributed by atoms with Crippen LogP contribution in [0, 0.1) is 6.92 Å². The predicted molar refractivity (Wildman–Crippen MR) is 118 cm³/mol. The van der Waals surface area contributed by atoms with Crippen molar-refractivity contribution in [1.82, 2.24) is 9.55 Å². The number of nitrogens with one attached hydrogen (secondary N) is 1. The second-order valence-electron chi connectivity index (χ2n) is 6.76. The zero-order valence-corrected chi connectivity index (χ0v) is 17.5. The van der Waals surface area contributed by atoms with Crippen LogP contribution in [0.1, 0.15) is 11.4 Å². The second kappa shape index (κ2) is 8.49. The van der Waals surface area contributed by atoms with Crippen LogP contribution in [0.15, 0.2) is 77.3 Å². The molecule has 0 bridgehead atoms. The van der Waals surface area contributed by atoms with Crippen molar-refractivity contribution in [3.8, 4) is 5.75 Å². The molecule has 4 aromatic rings. The van der Waals surface area contributed by atoms with Crippen LogP contribution in [0.5, 0.6) is 5.75 Å². The number of fused-ring (bicyclic) bond motifs is 1. The average molecular weight is 450 g/mol. The Balaban J connectivity index is 1.55. The van der Waals surface area contributed by atoms with Crippen LogP contribution in [-0.4, -0.2) is 15.5 Å². The monoisotopic (exact) mass is 449 g/mol. The molecule has 1 heterocycles. The molecule has 0 radical (unpaired) electrons. The summed E-state index contributed by atoms with van der Waals surface area (Å²) in [4.78, 5) is 17.3. The maximum atomic E-state index is 12.7. The Kier molecular flexibility index (Phi) is 5.62. The lowest BCUT2D eigenvalue weighted by Crippen LogP contribution is -2.20. The Bertz CT molecular complexity index is 1140. The average Bonchev–Trinajstić information content (AvgIpc) is 3.07. The molecule has 3 aromatic carbocycles. The molecule has 29 heavy (non-hydrogen) atoms. The summed E-state index contributed by atoms with van der Waals surface area (Å²) in [6.45, 7) is 2.47. The fourth-order valence-corrected chi connectivity index (χ4v) is 3.34. The van der Waals surface area contributed by atoms with E-state index in [4.69, 9.17) is 4.74 Å². The van der Waals surface area contributed by atoms with Gasteiger partial charge in [0, 0.05) is 10.2 Å². The molecule has 6 heteroatoms. The SMILES string of the molecule is Cc1ccc(OCc2nc3ccccc3n2CC(=O)Nc2ccc(Br)cc2)cc1. The van der Waals surface area contributed by atoms with Crippen molar-refractivity contribution >= 4 is 38.6 Å². The van der Waals surface area contributed by atoms with Gasteiger partial charge in [0.05, 0.1) is 11.0 Å². The number of carbonyl (C=O) groups is 1. The zero-order valence-electron chi connectivity index (χ0n) is 15.9. The molecule has 0 unspecified atom stereocenters. The lowest BCUT2D eigenvalue weighted by molar-refractivity contribution is -0.116. The first-order valence-corrected chi connectivity index (χ1v) is 10.1. The van der Waals surface area contributed by atoms with Crippen molar-refractivity contribution < 1.29 is 9.53 Å². The van der Waals surface area contributed by atoms with Crippen molar-refractivity contribution in [2.45, 2.75) is 20.1 Å². The van der Waals surface area contributed by atoms with Gasteiger partial charge in [0.25, 0.3) is 0 Å². The van der Waals surface area contributed by atoms with Crippen molar-refractivity contribution in [1.29, 1.82) is 0 Å². The third-order valence-corrected chi connectivity index (χ3v) is 5.08. The van der Waals surface area contributed by atoms with Crippen LogP contribution >= 0.6 is 15.9 Å².